The van der Waals surface area contributed by atoms with E-state index < -0.39 is 14.7 Å². The highest BCUT2D eigenvalue weighted by Gasteiger charge is 2.20. The summed E-state index contributed by atoms with van der Waals surface area (Å²) in [5.41, 5.74) is 0.462. The zero-order valence-electron chi connectivity index (χ0n) is 10.9. The smallest absolute Gasteiger partial charge is 0.216 e. The minimum Gasteiger partial charge on any atom is -0.218 e. The van der Waals surface area contributed by atoms with Gasteiger partial charge in [-0.1, -0.05) is 40.9 Å². The fourth-order valence-corrected chi connectivity index (χ4v) is 3.26. The summed E-state index contributed by atoms with van der Waals surface area (Å²) in [5, 5.41) is 10.2. The first-order valence-electron chi connectivity index (χ1n) is 5.92. The van der Waals surface area contributed by atoms with Gasteiger partial charge in [-0.15, -0.1) is 0 Å². The number of hydrogen-bond acceptors (Lipinski definition) is 3. The zero-order valence-corrected chi connectivity index (χ0v) is 14.0. The molecule has 0 aliphatic heterocycles. The Bertz CT molecular complexity index is 882. The number of nitriles is 1. The summed E-state index contributed by atoms with van der Waals surface area (Å²) in [6.45, 7) is 0. The summed E-state index contributed by atoms with van der Waals surface area (Å²) >= 11 is 17.4. The second-order valence-corrected chi connectivity index (χ2v) is 7.42. The van der Waals surface area contributed by atoms with Gasteiger partial charge in [0.25, 0.3) is 0 Å². The number of sulfone groups is 1. The van der Waals surface area contributed by atoms with Crippen molar-refractivity contribution in [2.45, 2.75) is 4.90 Å². The highest BCUT2D eigenvalue weighted by Crippen LogP contribution is 2.26. The Balaban J connectivity index is 2.51. The van der Waals surface area contributed by atoms with Crippen molar-refractivity contribution < 1.29 is 8.42 Å². The van der Waals surface area contributed by atoms with Crippen molar-refractivity contribution in [1.82, 2.24) is 0 Å². The van der Waals surface area contributed by atoms with E-state index in [1.807, 2.05) is 0 Å². The van der Waals surface area contributed by atoms with Crippen LogP contribution in [-0.4, -0.2) is 8.42 Å². The Morgan fingerprint density at radius 1 is 1.00 bits per heavy atom. The Morgan fingerprint density at radius 2 is 1.64 bits per heavy atom. The first kappa shape index (κ1) is 16.9. The van der Waals surface area contributed by atoms with Gasteiger partial charge in [-0.2, -0.15) is 5.26 Å². The van der Waals surface area contributed by atoms with Gasteiger partial charge < -0.3 is 0 Å². The lowest BCUT2D eigenvalue weighted by Gasteiger charge is -2.04. The van der Waals surface area contributed by atoms with Crippen molar-refractivity contribution in [2.75, 3.05) is 0 Å². The maximum atomic E-state index is 12.4. The number of nitrogens with zero attached hydrogens (tertiary/aromatic N) is 1. The topological polar surface area (TPSA) is 57.9 Å². The summed E-state index contributed by atoms with van der Waals surface area (Å²) < 4.78 is 24.9. The van der Waals surface area contributed by atoms with Crippen molar-refractivity contribution in [1.29, 1.82) is 5.26 Å². The lowest BCUT2D eigenvalue weighted by Crippen LogP contribution is -2.03. The number of halogens is 3. The van der Waals surface area contributed by atoms with Crippen molar-refractivity contribution in [2.24, 2.45) is 0 Å². The molecule has 0 aromatic heterocycles. The van der Waals surface area contributed by atoms with Gasteiger partial charge in [-0.3, -0.25) is 0 Å². The standard InChI is InChI=1S/C15H8Cl3NO2S/c16-11-2-4-12(5-3-11)22(20,21)13(9-19)7-10-1-6-14(17)15(18)8-10/h1-8H. The molecule has 112 valence electrons. The molecule has 0 N–H and O–H groups in total. The summed E-state index contributed by atoms with van der Waals surface area (Å²) in [5.74, 6) is 0. The maximum absolute atomic E-state index is 12.4. The van der Waals surface area contributed by atoms with Crippen LogP contribution < -0.4 is 0 Å². The quantitative estimate of drug-likeness (QED) is 0.713. The lowest BCUT2D eigenvalue weighted by molar-refractivity contribution is 0.603. The van der Waals surface area contributed by atoms with Gasteiger partial charge in [0.1, 0.15) is 11.0 Å². The average Bonchev–Trinajstić information content (AvgIpc) is 2.48. The van der Waals surface area contributed by atoms with E-state index in [-0.39, 0.29) is 9.92 Å². The monoisotopic (exact) mass is 371 g/mol. The van der Waals surface area contributed by atoms with E-state index in [1.165, 1.54) is 42.5 Å². The fraction of sp³-hybridized carbons (Fsp3) is 0. The lowest BCUT2D eigenvalue weighted by atomic mass is 10.2. The molecule has 0 heterocycles. The second-order valence-electron chi connectivity index (χ2n) is 4.25. The van der Waals surface area contributed by atoms with Crippen LogP contribution in [0.4, 0.5) is 0 Å². The van der Waals surface area contributed by atoms with Crippen LogP contribution in [0.25, 0.3) is 6.08 Å². The van der Waals surface area contributed by atoms with Crippen LogP contribution in [0, 0.1) is 11.3 Å². The molecule has 0 atom stereocenters. The van der Waals surface area contributed by atoms with Gasteiger partial charge in [0, 0.05) is 5.02 Å². The first-order chi connectivity index (χ1) is 10.3. The zero-order chi connectivity index (χ0) is 16.3. The van der Waals surface area contributed by atoms with Crippen LogP contribution in [0.3, 0.4) is 0 Å². The number of allylic oxidation sites excluding steroid dienone is 1. The molecule has 0 fully saturated rings. The summed E-state index contributed by atoms with van der Waals surface area (Å²) in [6, 6.07) is 11.9. The van der Waals surface area contributed by atoms with E-state index in [1.54, 1.807) is 12.1 Å². The van der Waals surface area contributed by atoms with Crippen LogP contribution >= 0.6 is 34.8 Å². The maximum Gasteiger partial charge on any atom is 0.216 e. The first-order valence-corrected chi connectivity index (χ1v) is 8.54. The van der Waals surface area contributed by atoms with E-state index >= 15 is 0 Å². The summed E-state index contributed by atoms with van der Waals surface area (Å²) in [6.07, 6.45) is 1.24. The van der Waals surface area contributed by atoms with Crippen molar-refractivity contribution in [3.05, 3.63) is 68.0 Å². The number of hydrogen-bond donors (Lipinski definition) is 0. The van der Waals surface area contributed by atoms with Gasteiger partial charge in [0.05, 0.1) is 14.9 Å². The van der Waals surface area contributed by atoms with Gasteiger partial charge in [-0.05, 0) is 48.0 Å². The van der Waals surface area contributed by atoms with Gasteiger partial charge >= 0.3 is 0 Å². The Labute approximate surface area is 143 Å². The molecule has 2 aromatic rings. The van der Waals surface area contributed by atoms with Crippen LogP contribution in [0.1, 0.15) is 5.56 Å². The molecule has 0 aliphatic rings. The normalized spacial score (nSPS) is 12.0. The molecule has 3 nitrogen and oxygen atoms in total. The molecule has 0 radical (unpaired) electrons. The molecule has 0 unspecified atom stereocenters. The Morgan fingerprint density at radius 3 is 2.18 bits per heavy atom. The number of rotatable bonds is 3. The Kier molecular flexibility index (Phi) is 5.15. The van der Waals surface area contributed by atoms with Crippen LogP contribution in [0.15, 0.2) is 52.3 Å². The molecule has 22 heavy (non-hydrogen) atoms. The predicted octanol–water partition coefficient (Wildman–Crippen LogP) is 4.99. The van der Waals surface area contributed by atoms with E-state index in [0.29, 0.717) is 15.6 Å². The number of benzene rings is 2. The van der Waals surface area contributed by atoms with E-state index in [9.17, 15) is 13.7 Å². The minimum atomic E-state index is -3.92. The minimum absolute atomic E-state index is 0.00948. The third-order valence-corrected chi connectivity index (χ3v) is 5.44. The molecule has 2 aromatic carbocycles. The predicted molar refractivity (Wildman–Crippen MR) is 88.7 cm³/mol. The largest absolute Gasteiger partial charge is 0.218 e. The van der Waals surface area contributed by atoms with Crippen LogP contribution in [0.5, 0.6) is 0 Å². The molecular weight excluding hydrogens is 365 g/mol. The molecular formula is C15H8Cl3NO2S. The Hall–Kier alpha value is -1.51. The van der Waals surface area contributed by atoms with E-state index in [0.717, 1.165) is 0 Å². The van der Waals surface area contributed by atoms with Gasteiger partial charge in [0.15, 0.2) is 0 Å². The summed E-state index contributed by atoms with van der Waals surface area (Å²) in [4.78, 5) is -0.405. The van der Waals surface area contributed by atoms with E-state index in [4.69, 9.17) is 34.8 Å². The van der Waals surface area contributed by atoms with Crippen molar-refractivity contribution in [3.8, 4) is 6.07 Å². The highest BCUT2D eigenvalue weighted by atomic mass is 35.5. The van der Waals surface area contributed by atoms with Crippen LogP contribution in [-0.2, 0) is 9.84 Å². The second kappa shape index (κ2) is 6.72. The third-order valence-electron chi connectivity index (χ3n) is 2.77. The van der Waals surface area contributed by atoms with Gasteiger partial charge in [0.2, 0.25) is 9.84 Å². The third kappa shape index (κ3) is 3.63. The molecule has 0 amide bonds. The molecule has 0 saturated carbocycles. The molecule has 0 saturated heterocycles. The molecule has 2 rings (SSSR count). The SMILES string of the molecule is N#CC(=Cc1ccc(Cl)c(Cl)c1)S(=O)(=O)c1ccc(Cl)cc1. The molecule has 0 spiro atoms. The summed E-state index contributed by atoms with van der Waals surface area (Å²) in [7, 11) is -3.92. The highest BCUT2D eigenvalue weighted by molar-refractivity contribution is 7.95. The molecule has 0 aliphatic carbocycles. The van der Waals surface area contributed by atoms with Gasteiger partial charge in [-0.25, -0.2) is 8.42 Å². The van der Waals surface area contributed by atoms with Crippen molar-refractivity contribution >= 4 is 50.7 Å². The average molecular weight is 373 g/mol. The molecule has 0 bridgehead atoms. The molecule has 7 heteroatoms. The van der Waals surface area contributed by atoms with Crippen molar-refractivity contribution in [3.63, 3.8) is 0 Å². The van der Waals surface area contributed by atoms with Crippen LogP contribution in [0.2, 0.25) is 15.1 Å². The fourth-order valence-electron chi connectivity index (χ4n) is 1.66. The van der Waals surface area contributed by atoms with E-state index in [2.05, 4.69) is 0 Å².